The zero-order chi connectivity index (χ0) is 13.4. The van der Waals surface area contributed by atoms with E-state index in [4.69, 9.17) is 5.26 Å². The Balaban J connectivity index is 2.62. The molecule has 0 bridgehead atoms. The molecule has 98 valence electrons. The highest BCUT2D eigenvalue weighted by Gasteiger charge is 2.21. The minimum absolute atomic E-state index is 0.0143. The monoisotopic (exact) mass is 246 g/mol. The molecule has 1 aromatic carbocycles. The fraction of sp³-hybridized carbons (Fsp3) is 0.533. The van der Waals surface area contributed by atoms with Crippen LogP contribution in [0.3, 0.4) is 0 Å². The van der Waals surface area contributed by atoms with E-state index in [2.05, 4.69) is 18.3 Å². The van der Waals surface area contributed by atoms with Gasteiger partial charge in [0.1, 0.15) is 0 Å². The molecular weight excluding hydrogens is 224 g/mol. The van der Waals surface area contributed by atoms with Gasteiger partial charge in [-0.3, -0.25) is 0 Å². The Labute approximate surface area is 109 Å². The van der Waals surface area contributed by atoms with Crippen molar-refractivity contribution in [1.29, 1.82) is 5.26 Å². The first-order valence-corrected chi connectivity index (χ1v) is 6.46. The molecule has 0 amide bonds. The van der Waals surface area contributed by atoms with E-state index in [0.717, 1.165) is 18.4 Å². The molecular formula is C15H22N2O. The van der Waals surface area contributed by atoms with Crippen LogP contribution in [0.2, 0.25) is 0 Å². The predicted octanol–water partition coefficient (Wildman–Crippen LogP) is 2.78. The third-order valence-electron chi connectivity index (χ3n) is 3.02. The van der Waals surface area contributed by atoms with Gasteiger partial charge in [0.25, 0.3) is 0 Å². The van der Waals surface area contributed by atoms with Gasteiger partial charge >= 0.3 is 0 Å². The lowest BCUT2D eigenvalue weighted by Gasteiger charge is -2.26. The van der Waals surface area contributed by atoms with Crippen LogP contribution in [-0.4, -0.2) is 17.3 Å². The van der Waals surface area contributed by atoms with Gasteiger partial charge in [0.15, 0.2) is 0 Å². The first-order chi connectivity index (χ1) is 8.59. The number of nitrogens with one attached hydrogen (secondary N) is 1. The maximum atomic E-state index is 10.1. The van der Waals surface area contributed by atoms with Gasteiger partial charge in [-0.15, -0.1) is 0 Å². The SMILES string of the molecule is CCCC(C)(O)CNC(CC#N)c1ccccc1. The molecule has 1 rings (SSSR count). The topological polar surface area (TPSA) is 56.0 Å². The fourth-order valence-electron chi connectivity index (χ4n) is 2.05. The van der Waals surface area contributed by atoms with Crippen molar-refractivity contribution in [2.45, 2.75) is 44.8 Å². The van der Waals surface area contributed by atoms with Crippen molar-refractivity contribution in [2.75, 3.05) is 6.54 Å². The molecule has 2 N–H and O–H groups in total. The molecule has 0 saturated carbocycles. The van der Waals surface area contributed by atoms with E-state index in [-0.39, 0.29) is 6.04 Å². The van der Waals surface area contributed by atoms with Crippen molar-refractivity contribution in [2.24, 2.45) is 0 Å². The summed E-state index contributed by atoms with van der Waals surface area (Å²) < 4.78 is 0. The van der Waals surface area contributed by atoms with E-state index in [9.17, 15) is 5.11 Å². The van der Waals surface area contributed by atoms with Crippen molar-refractivity contribution >= 4 is 0 Å². The van der Waals surface area contributed by atoms with E-state index in [0.29, 0.717) is 13.0 Å². The van der Waals surface area contributed by atoms with Gasteiger partial charge in [0.05, 0.1) is 18.1 Å². The van der Waals surface area contributed by atoms with Crippen LogP contribution in [0.25, 0.3) is 0 Å². The molecule has 2 atom stereocenters. The Morgan fingerprint density at radius 3 is 2.61 bits per heavy atom. The maximum absolute atomic E-state index is 10.1. The van der Waals surface area contributed by atoms with Crippen molar-refractivity contribution in [3.05, 3.63) is 35.9 Å². The van der Waals surface area contributed by atoms with Crippen molar-refractivity contribution < 1.29 is 5.11 Å². The molecule has 1 aromatic rings. The summed E-state index contributed by atoms with van der Waals surface area (Å²) in [6.07, 6.45) is 2.11. The number of hydrogen-bond acceptors (Lipinski definition) is 3. The number of rotatable bonds is 7. The lowest BCUT2D eigenvalue weighted by molar-refractivity contribution is 0.0472. The van der Waals surface area contributed by atoms with Crippen LogP contribution in [-0.2, 0) is 0 Å². The van der Waals surface area contributed by atoms with E-state index < -0.39 is 5.60 Å². The average Bonchev–Trinajstić information content (AvgIpc) is 2.35. The summed E-state index contributed by atoms with van der Waals surface area (Å²) in [4.78, 5) is 0. The van der Waals surface area contributed by atoms with E-state index in [1.54, 1.807) is 0 Å². The van der Waals surface area contributed by atoms with Crippen molar-refractivity contribution in [1.82, 2.24) is 5.32 Å². The van der Waals surface area contributed by atoms with Gasteiger partial charge in [-0.05, 0) is 18.9 Å². The van der Waals surface area contributed by atoms with Crippen LogP contribution in [0.5, 0.6) is 0 Å². The second kappa shape index (κ2) is 7.15. The molecule has 0 spiro atoms. The molecule has 0 heterocycles. The lowest BCUT2D eigenvalue weighted by atomic mass is 9.98. The van der Waals surface area contributed by atoms with Crippen LogP contribution < -0.4 is 5.32 Å². The van der Waals surface area contributed by atoms with Gasteiger partial charge in [-0.25, -0.2) is 0 Å². The van der Waals surface area contributed by atoms with Gasteiger partial charge in [0, 0.05) is 12.6 Å². The minimum atomic E-state index is -0.711. The molecule has 0 radical (unpaired) electrons. The predicted molar refractivity (Wildman–Crippen MR) is 72.9 cm³/mol. The van der Waals surface area contributed by atoms with E-state index in [1.165, 1.54) is 0 Å². The summed E-state index contributed by atoms with van der Waals surface area (Å²) in [5.74, 6) is 0. The zero-order valence-corrected chi connectivity index (χ0v) is 11.2. The summed E-state index contributed by atoms with van der Waals surface area (Å²) in [6, 6.07) is 12.1. The molecule has 0 aliphatic heterocycles. The van der Waals surface area contributed by atoms with E-state index >= 15 is 0 Å². The molecule has 0 aromatic heterocycles. The second-order valence-corrected chi connectivity index (χ2v) is 4.95. The highest BCUT2D eigenvalue weighted by molar-refractivity contribution is 5.20. The Bertz CT molecular complexity index is 381. The quantitative estimate of drug-likeness (QED) is 0.777. The number of hydrogen-bond donors (Lipinski definition) is 2. The Hall–Kier alpha value is -1.37. The zero-order valence-electron chi connectivity index (χ0n) is 11.2. The number of nitriles is 1. The van der Waals surface area contributed by atoms with Crippen molar-refractivity contribution in [3.63, 3.8) is 0 Å². The molecule has 2 unspecified atom stereocenters. The van der Waals surface area contributed by atoms with Crippen LogP contribution in [0.1, 0.15) is 44.7 Å². The largest absolute Gasteiger partial charge is 0.389 e. The molecule has 0 aliphatic rings. The van der Waals surface area contributed by atoms with Crippen LogP contribution in [0.4, 0.5) is 0 Å². The van der Waals surface area contributed by atoms with Gasteiger partial charge in [0.2, 0.25) is 0 Å². The Morgan fingerprint density at radius 2 is 2.06 bits per heavy atom. The van der Waals surface area contributed by atoms with Gasteiger partial charge < -0.3 is 10.4 Å². The number of benzene rings is 1. The van der Waals surface area contributed by atoms with Crippen molar-refractivity contribution in [3.8, 4) is 6.07 Å². The minimum Gasteiger partial charge on any atom is -0.389 e. The fourth-order valence-corrected chi connectivity index (χ4v) is 2.05. The first-order valence-electron chi connectivity index (χ1n) is 6.46. The summed E-state index contributed by atoms with van der Waals surface area (Å²) in [6.45, 7) is 4.39. The Kier molecular flexibility index (Phi) is 5.84. The smallest absolute Gasteiger partial charge is 0.0743 e. The summed E-state index contributed by atoms with van der Waals surface area (Å²) in [5, 5.41) is 22.3. The normalized spacial score (nSPS) is 15.7. The summed E-state index contributed by atoms with van der Waals surface area (Å²) in [5.41, 5.74) is 0.378. The molecule has 3 heteroatoms. The number of nitrogens with zero attached hydrogens (tertiary/aromatic N) is 1. The lowest BCUT2D eigenvalue weighted by Crippen LogP contribution is -2.39. The van der Waals surface area contributed by atoms with Gasteiger partial charge in [-0.2, -0.15) is 5.26 Å². The summed E-state index contributed by atoms with van der Waals surface area (Å²) in [7, 11) is 0. The number of aliphatic hydroxyl groups is 1. The third-order valence-corrected chi connectivity index (χ3v) is 3.02. The summed E-state index contributed by atoms with van der Waals surface area (Å²) >= 11 is 0. The molecule has 0 fully saturated rings. The van der Waals surface area contributed by atoms with E-state index in [1.807, 2.05) is 37.3 Å². The first kappa shape index (κ1) is 14.7. The maximum Gasteiger partial charge on any atom is 0.0743 e. The van der Waals surface area contributed by atoms with Crippen LogP contribution >= 0.6 is 0 Å². The molecule has 3 nitrogen and oxygen atoms in total. The highest BCUT2D eigenvalue weighted by Crippen LogP contribution is 2.18. The highest BCUT2D eigenvalue weighted by atomic mass is 16.3. The third kappa shape index (κ3) is 4.87. The molecule has 18 heavy (non-hydrogen) atoms. The average molecular weight is 246 g/mol. The van der Waals surface area contributed by atoms with Gasteiger partial charge in [-0.1, -0.05) is 43.7 Å². The standard InChI is InChI=1S/C15H22N2O/c1-3-10-15(2,18)12-17-14(9-11-16)13-7-5-4-6-8-13/h4-8,14,17-18H,3,9-10,12H2,1-2H3. The Morgan fingerprint density at radius 1 is 1.39 bits per heavy atom. The second-order valence-electron chi connectivity index (χ2n) is 4.95. The van der Waals surface area contributed by atoms with Crippen LogP contribution in [0.15, 0.2) is 30.3 Å². The molecule has 0 saturated heterocycles. The van der Waals surface area contributed by atoms with Crippen LogP contribution in [0, 0.1) is 11.3 Å². The molecule has 0 aliphatic carbocycles.